The van der Waals surface area contributed by atoms with E-state index < -0.39 is 6.23 Å². The molecule has 0 rings (SSSR count). The van der Waals surface area contributed by atoms with Crippen LogP contribution in [-0.2, 0) is 4.79 Å². The van der Waals surface area contributed by atoms with Crippen LogP contribution in [0.3, 0.4) is 0 Å². The number of aliphatic hydroxyl groups is 1. The standard InChI is InChI=1S/C16H31NO2/c1-12(2)13(18)17(8)11-9-10-16(6,7)14(19)15(3,4)5/h13,18H,1,9-11H2,2-8H3/t13-/m1/s1. The molecule has 0 heterocycles. The number of rotatable bonds is 7. The van der Waals surface area contributed by atoms with Gasteiger partial charge in [0.2, 0.25) is 0 Å². The highest BCUT2D eigenvalue weighted by Gasteiger charge is 2.35. The second kappa shape index (κ2) is 6.67. The Morgan fingerprint density at radius 2 is 1.74 bits per heavy atom. The normalized spacial score (nSPS) is 14.6. The van der Waals surface area contributed by atoms with Crippen LogP contribution in [0, 0.1) is 10.8 Å². The highest BCUT2D eigenvalue weighted by atomic mass is 16.3. The fraction of sp³-hybridized carbons (Fsp3) is 0.812. The van der Waals surface area contributed by atoms with E-state index in [0.29, 0.717) is 5.78 Å². The first-order valence-corrected chi connectivity index (χ1v) is 6.98. The van der Waals surface area contributed by atoms with Gasteiger partial charge in [-0.2, -0.15) is 0 Å². The van der Waals surface area contributed by atoms with Crippen molar-refractivity contribution < 1.29 is 9.90 Å². The van der Waals surface area contributed by atoms with Crippen molar-refractivity contribution in [2.45, 2.75) is 60.6 Å². The molecule has 0 spiro atoms. The van der Waals surface area contributed by atoms with Crippen LogP contribution >= 0.6 is 0 Å². The maximum atomic E-state index is 12.3. The lowest BCUT2D eigenvalue weighted by Gasteiger charge is -2.32. The van der Waals surface area contributed by atoms with Gasteiger partial charge >= 0.3 is 0 Å². The number of carbonyl (C=O) groups is 1. The smallest absolute Gasteiger partial charge is 0.143 e. The molecule has 0 saturated carbocycles. The quantitative estimate of drug-likeness (QED) is 0.570. The number of hydrogen-bond donors (Lipinski definition) is 1. The molecule has 0 aliphatic rings. The monoisotopic (exact) mass is 269 g/mol. The van der Waals surface area contributed by atoms with Crippen molar-refractivity contribution in [3.63, 3.8) is 0 Å². The third kappa shape index (κ3) is 5.87. The summed E-state index contributed by atoms with van der Waals surface area (Å²) in [5.41, 5.74) is 0.132. The summed E-state index contributed by atoms with van der Waals surface area (Å²) in [6.07, 6.45) is 1.12. The van der Waals surface area contributed by atoms with E-state index in [2.05, 4.69) is 6.58 Å². The zero-order valence-electron chi connectivity index (χ0n) is 13.7. The molecule has 1 atom stereocenters. The van der Waals surface area contributed by atoms with E-state index in [1.54, 1.807) is 0 Å². The zero-order valence-corrected chi connectivity index (χ0v) is 13.7. The Morgan fingerprint density at radius 3 is 2.11 bits per heavy atom. The van der Waals surface area contributed by atoms with E-state index >= 15 is 0 Å². The van der Waals surface area contributed by atoms with Crippen LogP contribution < -0.4 is 0 Å². The first-order valence-electron chi connectivity index (χ1n) is 6.98. The molecule has 0 unspecified atom stereocenters. The Bertz CT molecular complexity index is 326. The highest BCUT2D eigenvalue weighted by molar-refractivity contribution is 5.88. The minimum Gasteiger partial charge on any atom is -0.374 e. The third-order valence-electron chi connectivity index (χ3n) is 3.47. The van der Waals surface area contributed by atoms with Crippen LogP contribution in [0.4, 0.5) is 0 Å². The van der Waals surface area contributed by atoms with Crippen molar-refractivity contribution in [1.82, 2.24) is 4.90 Å². The molecule has 0 aromatic heterocycles. The number of aliphatic hydroxyl groups excluding tert-OH is 1. The van der Waals surface area contributed by atoms with Gasteiger partial charge in [-0.15, -0.1) is 0 Å². The fourth-order valence-electron chi connectivity index (χ4n) is 2.40. The average Bonchev–Trinajstić information content (AvgIpc) is 2.25. The number of hydrogen-bond acceptors (Lipinski definition) is 3. The van der Waals surface area contributed by atoms with E-state index in [1.165, 1.54) is 0 Å². The van der Waals surface area contributed by atoms with Gasteiger partial charge in [0, 0.05) is 17.4 Å². The highest BCUT2D eigenvalue weighted by Crippen LogP contribution is 2.32. The van der Waals surface area contributed by atoms with Gasteiger partial charge in [0.25, 0.3) is 0 Å². The Morgan fingerprint density at radius 1 is 1.26 bits per heavy atom. The fourth-order valence-corrected chi connectivity index (χ4v) is 2.40. The number of nitrogens with zero attached hydrogens (tertiary/aromatic N) is 1. The Balaban J connectivity index is 4.34. The largest absolute Gasteiger partial charge is 0.374 e. The molecule has 0 aliphatic heterocycles. The van der Waals surface area contributed by atoms with E-state index in [9.17, 15) is 9.90 Å². The van der Waals surface area contributed by atoms with Crippen LogP contribution in [0.15, 0.2) is 12.2 Å². The first kappa shape index (κ1) is 18.3. The number of Topliss-reactive ketones (excluding diaryl/α,β-unsaturated/α-hetero) is 1. The summed E-state index contributed by atoms with van der Waals surface area (Å²) in [6.45, 7) is 16.2. The minimum absolute atomic E-state index is 0.295. The van der Waals surface area contributed by atoms with Crippen LogP contribution in [-0.4, -0.2) is 35.6 Å². The van der Waals surface area contributed by atoms with E-state index in [4.69, 9.17) is 0 Å². The van der Waals surface area contributed by atoms with E-state index in [0.717, 1.165) is 25.0 Å². The van der Waals surface area contributed by atoms with Crippen molar-refractivity contribution in [3.8, 4) is 0 Å². The Labute approximate surface area is 118 Å². The maximum Gasteiger partial charge on any atom is 0.143 e. The third-order valence-corrected chi connectivity index (χ3v) is 3.47. The molecular weight excluding hydrogens is 238 g/mol. The summed E-state index contributed by atoms with van der Waals surface area (Å²) in [5, 5.41) is 9.82. The number of ketones is 1. The number of likely N-dealkylation sites (N-methyl/N-ethyl adjacent to an activating group) is 1. The molecule has 0 fully saturated rings. The molecule has 0 saturated heterocycles. The molecule has 19 heavy (non-hydrogen) atoms. The van der Waals surface area contributed by atoms with Gasteiger partial charge in [0.1, 0.15) is 12.0 Å². The SMILES string of the molecule is C=C(C)[C@@H](O)N(C)CCCC(C)(C)C(=O)C(C)(C)C. The Kier molecular flexibility index (Phi) is 6.43. The summed E-state index contributed by atoms with van der Waals surface area (Å²) in [4.78, 5) is 14.2. The Hall–Kier alpha value is -0.670. The van der Waals surface area contributed by atoms with E-state index in [-0.39, 0.29) is 10.8 Å². The van der Waals surface area contributed by atoms with Gasteiger partial charge in [-0.25, -0.2) is 0 Å². The molecule has 3 nitrogen and oxygen atoms in total. The molecule has 112 valence electrons. The van der Waals surface area contributed by atoms with Gasteiger partial charge in [0.05, 0.1) is 0 Å². The van der Waals surface area contributed by atoms with E-state index in [1.807, 2.05) is 53.5 Å². The lowest BCUT2D eigenvalue weighted by Crippen LogP contribution is -2.37. The summed E-state index contributed by atoms with van der Waals surface area (Å²) in [5.74, 6) is 0.295. The second-order valence-corrected chi connectivity index (χ2v) is 7.27. The predicted molar refractivity (Wildman–Crippen MR) is 80.9 cm³/mol. The molecule has 0 bridgehead atoms. The number of carbonyl (C=O) groups excluding carboxylic acids is 1. The average molecular weight is 269 g/mol. The lowest BCUT2D eigenvalue weighted by atomic mass is 9.72. The van der Waals surface area contributed by atoms with Gasteiger partial charge < -0.3 is 5.11 Å². The molecule has 0 aromatic rings. The van der Waals surface area contributed by atoms with Crippen molar-refractivity contribution in [2.75, 3.05) is 13.6 Å². The predicted octanol–water partition coefficient (Wildman–Crippen LogP) is 3.23. The molecule has 0 aromatic carbocycles. The molecule has 0 aliphatic carbocycles. The summed E-state index contributed by atoms with van der Waals surface area (Å²) < 4.78 is 0. The summed E-state index contributed by atoms with van der Waals surface area (Å²) in [6, 6.07) is 0. The van der Waals surface area contributed by atoms with Crippen LogP contribution in [0.5, 0.6) is 0 Å². The van der Waals surface area contributed by atoms with Crippen LogP contribution in [0.1, 0.15) is 54.4 Å². The van der Waals surface area contributed by atoms with Crippen LogP contribution in [0.25, 0.3) is 0 Å². The summed E-state index contributed by atoms with van der Waals surface area (Å²) >= 11 is 0. The first-order chi connectivity index (χ1) is 8.39. The van der Waals surface area contributed by atoms with Gasteiger partial charge in [-0.3, -0.25) is 9.69 Å². The second-order valence-electron chi connectivity index (χ2n) is 7.27. The minimum atomic E-state index is -0.596. The van der Waals surface area contributed by atoms with Crippen molar-refractivity contribution in [3.05, 3.63) is 12.2 Å². The molecule has 1 N–H and O–H groups in total. The van der Waals surface area contributed by atoms with Crippen molar-refractivity contribution in [1.29, 1.82) is 0 Å². The lowest BCUT2D eigenvalue weighted by molar-refractivity contribution is -0.135. The molecule has 0 amide bonds. The van der Waals surface area contributed by atoms with Crippen molar-refractivity contribution >= 4 is 5.78 Å². The van der Waals surface area contributed by atoms with Crippen molar-refractivity contribution in [2.24, 2.45) is 10.8 Å². The maximum absolute atomic E-state index is 12.3. The topological polar surface area (TPSA) is 40.5 Å². The van der Waals surface area contributed by atoms with Gasteiger partial charge in [-0.1, -0.05) is 41.2 Å². The molecule has 0 radical (unpaired) electrons. The molecule has 3 heteroatoms. The van der Waals surface area contributed by atoms with Crippen LogP contribution in [0.2, 0.25) is 0 Å². The zero-order chi connectivity index (χ0) is 15.4. The summed E-state index contributed by atoms with van der Waals surface area (Å²) in [7, 11) is 1.87. The molecular formula is C16H31NO2. The van der Waals surface area contributed by atoms with Gasteiger partial charge in [-0.05, 0) is 32.4 Å². The van der Waals surface area contributed by atoms with Gasteiger partial charge in [0.15, 0.2) is 0 Å².